The number of carbonyl (C=O) groups excluding carboxylic acids is 2. The number of amides is 1. The van der Waals surface area contributed by atoms with Gasteiger partial charge in [0.2, 0.25) is 5.91 Å². The average molecular weight is 275 g/mol. The Morgan fingerprint density at radius 2 is 2.05 bits per heavy atom. The molecule has 1 amide bonds. The SMILES string of the molecule is COC(=O)CCCC(=O)NC1c2ccccc2CC1C. The Bertz CT molecular complexity index is 498. The molecule has 2 unspecified atom stereocenters. The number of rotatable bonds is 5. The Hall–Kier alpha value is -1.84. The molecule has 1 N–H and O–H groups in total. The third kappa shape index (κ3) is 3.38. The van der Waals surface area contributed by atoms with Gasteiger partial charge in [-0.2, -0.15) is 0 Å². The lowest BCUT2D eigenvalue weighted by atomic mass is 10.0. The summed E-state index contributed by atoms with van der Waals surface area (Å²) >= 11 is 0. The normalized spacial score (nSPS) is 20.3. The van der Waals surface area contributed by atoms with Gasteiger partial charge in [-0.05, 0) is 29.9 Å². The second-order valence-corrected chi connectivity index (χ2v) is 5.36. The molecule has 0 aliphatic heterocycles. The summed E-state index contributed by atoms with van der Waals surface area (Å²) in [5.41, 5.74) is 2.54. The number of esters is 1. The number of ether oxygens (including phenoxy) is 1. The van der Waals surface area contributed by atoms with E-state index in [1.807, 2.05) is 12.1 Å². The summed E-state index contributed by atoms with van der Waals surface area (Å²) < 4.78 is 4.56. The second kappa shape index (κ2) is 6.55. The third-order valence-electron chi connectivity index (χ3n) is 3.83. The minimum absolute atomic E-state index is 0.00227. The molecule has 108 valence electrons. The first-order valence-electron chi connectivity index (χ1n) is 7.05. The molecular weight excluding hydrogens is 254 g/mol. The molecule has 0 spiro atoms. The molecule has 4 nitrogen and oxygen atoms in total. The van der Waals surface area contributed by atoms with Gasteiger partial charge in [0.1, 0.15) is 0 Å². The number of hydrogen-bond donors (Lipinski definition) is 1. The standard InChI is InChI=1S/C16H21NO3/c1-11-10-12-6-3-4-7-13(12)16(11)17-14(18)8-5-9-15(19)20-2/h3-4,6-7,11,16H,5,8-10H2,1-2H3,(H,17,18). The zero-order valence-electron chi connectivity index (χ0n) is 12.0. The van der Waals surface area contributed by atoms with Gasteiger partial charge in [0, 0.05) is 12.8 Å². The first kappa shape index (κ1) is 14.6. The van der Waals surface area contributed by atoms with Crippen LogP contribution in [-0.2, 0) is 20.7 Å². The van der Waals surface area contributed by atoms with Crippen LogP contribution in [0.4, 0.5) is 0 Å². The highest BCUT2D eigenvalue weighted by atomic mass is 16.5. The van der Waals surface area contributed by atoms with E-state index < -0.39 is 0 Å². The van der Waals surface area contributed by atoms with E-state index in [1.165, 1.54) is 18.2 Å². The van der Waals surface area contributed by atoms with Gasteiger partial charge < -0.3 is 10.1 Å². The van der Waals surface area contributed by atoms with Crippen molar-refractivity contribution in [2.45, 2.75) is 38.6 Å². The summed E-state index contributed by atoms with van der Waals surface area (Å²) in [7, 11) is 1.36. The molecule has 4 heteroatoms. The molecule has 0 radical (unpaired) electrons. The molecule has 1 aliphatic rings. The number of hydrogen-bond acceptors (Lipinski definition) is 3. The molecule has 0 fully saturated rings. The van der Waals surface area contributed by atoms with Gasteiger partial charge in [-0.25, -0.2) is 0 Å². The monoisotopic (exact) mass is 275 g/mol. The molecule has 1 aromatic carbocycles. The summed E-state index contributed by atoms with van der Waals surface area (Å²) in [6.45, 7) is 2.15. The number of nitrogens with one attached hydrogen (secondary N) is 1. The average Bonchev–Trinajstić information content (AvgIpc) is 2.75. The zero-order valence-corrected chi connectivity index (χ0v) is 12.0. The Morgan fingerprint density at radius 3 is 2.80 bits per heavy atom. The van der Waals surface area contributed by atoms with Gasteiger partial charge in [-0.15, -0.1) is 0 Å². The van der Waals surface area contributed by atoms with Crippen molar-refractivity contribution in [3.63, 3.8) is 0 Å². The number of carbonyl (C=O) groups is 2. The fraction of sp³-hybridized carbons (Fsp3) is 0.500. The van der Waals surface area contributed by atoms with Crippen molar-refractivity contribution in [3.8, 4) is 0 Å². The zero-order chi connectivity index (χ0) is 14.5. The van der Waals surface area contributed by atoms with E-state index in [9.17, 15) is 9.59 Å². The van der Waals surface area contributed by atoms with E-state index in [0.29, 0.717) is 25.2 Å². The summed E-state index contributed by atoms with van der Waals surface area (Å²) in [6, 6.07) is 8.34. The van der Waals surface area contributed by atoms with Crippen LogP contribution in [0.3, 0.4) is 0 Å². The topological polar surface area (TPSA) is 55.4 Å². The van der Waals surface area contributed by atoms with Gasteiger partial charge >= 0.3 is 5.97 Å². The molecule has 2 atom stereocenters. The highest BCUT2D eigenvalue weighted by Gasteiger charge is 2.29. The van der Waals surface area contributed by atoms with E-state index in [2.05, 4.69) is 29.1 Å². The first-order chi connectivity index (χ1) is 9.61. The Labute approximate surface area is 119 Å². The number of fused-ring (bicyclic) bond motifs is 1. The van der Waals surface area contributed by atoms with Crippen LogP contribution in [0.25, 0.3) is 0 Å². The largest absolute Gasteiger partial charge is 0.469 e. The Kier molecular flexibility index (Phi) is 4.77. The van der Waals surface area contributed by atoms with E-state index in [-0.39, 0.29) is 17.9 Å². The molecule has 1 aliphatic carbocycles. The van der Waals surface area contributed by atoms with Crippen LogP contribution in [0.5, 0.6) is 0 Å². The maximum atomic E-state index is 12.0. The van der Waals surface area contributed by atoms with Crippen molar-refractivity contribution in [2.24, 2.45) is 5.92 Å². The van der Waals surface area contributed by atoms with Crippen molar-refractivity contribution in [1.29, 1.82) is 0 Å². The van der Waals surface area contributed by atoms with E-state index in [0.717, 1.165) is 6.42 Å². The lowest BCUT2D eigenvalue weighted by Crippen LogP contribution is -2.30. The van der Waals surface area contributed by atoms with E-state index in [4.69, 9.17) is 0 Å². The van der Waals surface area contributed by atoms with Crippen molar-refractivity contribution in [3.05, 3.63) is 35.4 Å². The lowest BCUT2D eigenvalue weighted by Gasteiger charge is -2.18. The summed E-state index contributed by atoms with van der Waals surface area (Å²) in [5.74, 6) is 0.150. The van der Waals surface area contributed by atoms with Crippen LogP contribution in [0.1, 0.15) is 43.4 Å². The molecule has 0 saturated carbocycles. The van der Waals surface area contributed by atoms with Crippen LogP contribution >= 0.6 is 0 Å². The van der Waals surface area contributed by atoms with E-state index >= 15 is 0 Å². The van der Waals surface area contributed by atoms with Crippen molar-refractivity contribution >= 4 is 11.9 Å². The first-order valence-corrected chi connectivity index (χ1v) is 7.05. The molecule has 0 bridgehead atoms. The van der Waals surface area contributed by atoms with Crippen molar-refractivity contribution in [1.82, 2.24) is 5.32 Å². The van der Waals surface area contributed by atoms with Crippen molar-refractivity contribution in [2.75, 3.05) is 7.11 Å². The maximum absolute atomic E-state index is 12.0. The van der Waals surface area contributed by atoms with Crippen LogP contribution < -0.4 is 5.32 Å². The predicted octanol–water partition coefficient (Wildman–Crippen LogP) is 2.38. The molecule has 0 aromatic heterocycles. The van der Waals surface area contributed by atoms with Crippen LogP contribution in [-0.4, -0.2) is 19.0 Å². The Balaban J connectivity index is 1.87. The van der Waals surface area contributed by atoms with Crippen LogP contribution in [0, 0.1) is 5.92 Å². The molecular formula is C16H21NO3. The highest BCUT2D eigenvalue weighted by molar-refractivity contribution is 5.77. The molecule has 2 rings (SSSR count). The van der Waals surface area contributed by atoms with Gasteiger partial charge in [0.25, 0.3) is 0 Å². The summed E-state index contributed by atoms with van der Waals surface area (Å²) in [6.07, 6.45) is 2.19. The van der Waals surface area contributed by atoms with Crippen LogP contribution in [0.15, 0.2) is 24.3 Å². The number of benzene rings is 1. The maximum Gasteiger partial charge on any atom is 0.305 e. The smallest absolute Gasteiger partial charge is 0.305 e. The summed E-state index contributed by atoms with van der Waals surface area (Å²) in [5, 5.41) is 3.09. The number of methoxy groups -OCH3 is 1. The van der Waals surface area contributed by atoms with Crippen molar-refractivity contribution < 1.29 is 14.3 Å². The predicted molar refractivity (Wildman–Crippen MR) is 76.1 cm³/mol. The fourth-order valence-electron chi connectivity index (χ4n) is 2.76. The minimum Gasteiger partial charge on any atom is -0.469 e. The molecule has 1 aromatic rings. The third-order valence-corrected chi connectivity index (χ3v) is 3.83. The van der Waals surface area contributed by atoms with Gasteiger partial charge in [0.15, 0.2) is 0 Å². The van der Waals surface area contributed by atoms with Gasteiger partial charge in [-0.1, -0.05) is 31.2 Å². The molecule has 20 heavy (non-hydrogen) atoms. The van der Waals surface area contributed by atoms with Gasteiger partial charge in [0.05, 0.1) is 13.2 Å². The minimum atomic E-state index is -0.266. The lowest BCUT2D eigenvalue weighted by molar-refractivity contribution is -0.140. The molecule has 0 saturated heterocycles. The summed E-state index contributed by atoms with van der Waals surface area (Å²) in [4.78, 5) is 23.0. The quantitative estimate of drug-likeness (QED) is 0.839. The van der Waals surface area contributed by atoms with E-state index in [1.54, 1.807) is 0 Å². The van der Waals surface area contributed by atoms with Crippen LogP contribution in [0.2, 0.25) is 0 Å². The van der Waals surface area contributed by atoms with Gasteiger partial charge in [-0.3, -0.25) is 9.59 Å². The Morgan fingerprint density at radius 1 is 1.30 bits per heavy atom. The fourth-order valence-corrected chi connectivity index (χ4v) is 2.76. The molecule has 0 heterocycles. The highest BCUT2D eigenvalue weighted by Crippen LogP contribution is 2.35. The second-order valence-electron chi connectivity index (χ2n) is 5.36.